The summed E-state index contributed by atoms with van der Waals surface area (Å²) in [6.45, 7) is 9.15. The molecule has 10 heteroatoms. The molecule has 5 heterocycles. The molecular formula is C38H55ClN6O3. The van der Waals surface area contributed by atoms with Gasteiger partial charge < -0.3 is 19.8 Å². The minimum absolute atomic E-state index is 0.0208. The van der Waals surface area contributed by atoms with Gasteiger partial charge in [0.25, 0.3) is 0 Å². The molecule has 2 amide bonds. The molecule has 8 rings (SSSR count). The smallest absolute Gasteiger partial charge is 0.230 e. The zero-order valence-corrected chi connectivity index (χ0v) is 29.7. The topological polar surface area (TPSA) is 82.9 Å². The molecule has 7 aliphatic rings. The Kier molecular flexibility index (Phi) is 9.27. The first-order chi connectivity index (χ1) is 23.2. The van der Waals surface area contributed by atoms with Gasteiger partial charge in [-0.1, -0.05) is 17.7 Å². The number of anilines is 1. The quantitative estimate of drug-likeness (QED) is 0.379. The van der Waals surface area contributed by atoms with E-state index < -0.39 is 0 Å². The van der Waals surface area contributed by atoms with Gasteiger partial charge in [0.1, 0.15) is 6.23 Å². The number of benzene rings is 1. The largest absolute Gasteiger partial charge is 0.378 e. The summed E-state index contributed by atoms with van der Waals surface area (Å²) in [5.41, 5.74) is 1.93. The van der Waals surface area contributed by atoms with Gasteiger partial charge in [0.15, 0.2) is 0 Å². The third kappa shape index (κ3) is 6.54. The highest BCUT2D eigenvalue weighted by atomic mass is 35.5. The third-order valence-electron chi connectivity index (χ3n) is 12.9. The second kappa shape index (κ2) is 13.5. The SMILES string of the molecule is CC1=NC2CN(C(=O)C3CC3)CCC2N1C1C[C@H]2CC[C@@H](C1)N2CCCN(C(=O)C1CCN(C(O)C2CC2)CC1)c1ccc(C)c(Cl)c1. The lowest BCUT2D eigenvalue weighted by atomic mass is 9.91. The normalized spacial score (nSPS) is 31.9. The number of aliphatic imine (C=N–C) groups is 1. The monoisotopic (exact) mass is 678 g/mol. The fraction of sp³-hybridized carbons (Fsp3) is 0.763. The molecule has 2 saturated carbocycles. The fourth-order valence-corrected chi connectivity index (χ4v) is 10.1. The molecule has 1 N–H and O–H groups in total. The number of carbonyl (C=O) groups excluding carboxylic acids is 2. The molecule has 1 aromatic carbocycles. The van der Waals surface area contributed by atoms with Crippen molar-refractivity contribution in [3.05, 3.63) is 28.8 Å². The first-order valence-corrected chi connectivity index (χ1v) is 19.5. The van der Waals surface area contributed by atoms with Crippen LogP contribution >= 0.6 is 11.6 Å². The number of rotatable bonds is 10. The molecule has 262 valence electrons. The molecule has 4 unspecified atom stereocenters. The van der Waals surface area contributed by atoms with Crippen molar-refractivity contribution in [2.45, 2.75) is 127 Å². The molecule has 4 saturated heterocycles. The number of hydrogen-bond acceptors (Lipinski definition) is 7. The van der Waals surface area contributed by atoms with Gasteiger partial charge in [-0.3, -0.25) is 24.4 Å². The maximum Gasteiger partial charge on any atom is 0.230 e. The predicted molar refractivity (Wildman–Crippen MR) is 189 cm³/mol. The van der Waals surface area contributed by atoms with Crippen molar-refractivity contribution in [1.29, 1.82) is 0 Å². The van der Waals surface area contributed by atoms with Crippen molar-refractivity contribution in [3.63, 3.8) is 0 Å². The number of amides is 2. The number of aryl methyl sites for hydroxylation is 1. The second-order valence-corrected chi connectivity index (χ2v) is 16.6. The van der Waals surface area contributed by atoms with Crippen LogP contribution in [0.15, 0.2) is 23.2 Å². The Morgan fingerprint density at radius 1 is 0.938 bits per heavy atom. The van der Waals surface area contributed by atoms with Gasteiger partial charge in [-0.2, -0.15) is 0 Å². The fourth-order valence-electron chi connectivity index (χ4n) is 9.93. The van der Waals surface area contributed by atoms with Crippen molar-refractivity contribution >= 4 is 34.9 Å². The second-order valence-electron chi connectivity index (χ2n) is 16.2. The number of carbonyl (C=O) groups is 2. The van der Waals surface area contributed by atoms with Gasteiger partial charge in [-0.05, 0) is 115 Å². The summed E-state index contributed by atoms with van der Waals surface area (Å²) in [6, 6.07) is 8.41. The predicted octanol–water partition coefficient (Wildman–Crippen LogP) is 4.92. The van der Waals surface area contributed by atoms with Crippen LogP contribution in [0.2, 0.25) is 5.02 Å². The Morgan fingerprint density at radius 2 is 1.67 bits per heavy atom. The molecule has 48 heavy (non-hydrogen) atoms. The zero-order valence-electron chi connectivity index (χ0n) is 29.0. The molecule has 2 aliphatic carbocycles. The van der Waals surface area contributed by atoms with Crippen LogP contribution in [-0.4, -0.2) is 118 Å². The summed E-state index contributed by atoms with van der Waals surface area (Å²) >= 11 is 6.59. The minimum Gasteiger partial charge on any atom is -0.378 e. The highest BCUT2D eigenvalue weighted by molar-refractivity contribution is 6.31. The van der Waals surface area contributed by atoms with Gasteiger partial charge in [0.05, 0.1) is 17.9 Å². The standard InChI is InChI=1S/C38H55ClN6O3/c1-24-4-9-31(22-33(24)39)44(38(48)28-12-17-41(18-13-28)36(46)26-5-6-26)16-3-15-43-29-10-11-30(43)21-32(20-29)45-25(2)40-34-23-42(19-14-35(34)45)37(47)27-7-8-27/h4,9,22,26-30,32,34-36,46H,3,5-8,10-21,23H2,1-2H3/t29-,30+,32?,34?,35?,36?. The Morgan fingerprint density at radius 3 is 2.33 bits per heavy atom. The first kappa shape index (κ1) is 33.0. The van der Waals surface area contributed by atoms with Gasteiger partial charge in [0, 0.05) is 79.9 Å². The van der Waals surface area contributed by atoms with Crippen molar-refractivity contribution in [3.8, 4) is 0 Å². The summed E-state index contributed by atoms with van der Waals surface area (Å²) < 4.78 is 0. The number of hydrogen-bond donors (Lipinski definition) is 1. The summed E-state index contributed by atoms with van der Waals surface area (Å²) in [6.07, 6.45) is 12.5. The molecule has 5 aliphatic heterocycles. The van der Waals surface area contributed by atoms with Crippen LogP contribution in [0.1, 0.15) is 89.5 Å². The van der Waals surface area contributed by atoms with E-state index in [1.807, 2.05) is 24.0 Å². The van der Waals surface area contributed by atoms with E-state index in [-0.39, 0.29) is 30.0 Å². The lowest BCUT2D eigenvalue weighted by Crippen LogP contribution is -2.57. The summed E-state index contributed by atoms with van der Waals surface area (Å²) in [5.74, 6) is 2.45. The average Bonchev–Trinajstić information content (AvgIpc) is 4.02. The molecule has 1 aromatic rings. The summed E-state index contributed by atoms with van der Waals surface area (Å²) in [5, 5.41) is 11.4. The number of aliphatic hydroxyl groups excluding tert-OH is 1. The van der Waals surface area contributed by atoms with Crippen molar-refractivity contribution in [2.75, 3.05) is 44.2 Å². The number of aliphatic hydroxyl groups is 1. The van der Waals surface area contributed by atoms with Gasteiger partial charge in [0.2, 0.25) is 11.8 Å². The Bertz CT molecular complexity index is 1390. The third-order valence-corrected chi connectivity index (χ3v) is 13.4. The Hall–Kier alpha value is -2.20. The van der Waals surface area contributed by atoms with E-state index >= 15 is 0 Å². The minimum atomic E-state index is -0.341. The molecular weight excluding hydrogens is 624 g/mol. The molecule has 6 atom stereocenters. The zero-order chi connectivity index (χ0) is 33.1. The van der Waals surface area contributed by atoms with E-state index in [4.69, 9.17) is 16.6 Å². The van der Waals surface area contributed by atoms with Crippen molar-refractivity contribution < 1.29 is 14.7 Å². The van der Waals surface area contributed by atoms with Crippen LogP contribution in [0.25, 0.3) is 0 Å². The Balaban J connectivity index is 0.880. The van der Waals surface area contributed by atoms with Crippen LogP contribution in [-0.2, 0) is 9.59 Å². The van der Waals surface area contributed by atoms with E-state index in [2.05, 4.69) is 32.6 Å². The van der Waals surface area contributed by atoms with E-state index in [1.54, 1.807) is 0 Å². The lowest BCUT2D eigenvalue weighted by Gasteiger charge is -2.47. The van der Waals surface area contributed by atoms with Crippen molar-refractivity contribution in [1.82, 2.24) is 19.6 Å². The van der Waals surface area contributed by atoms with Gasteiger partial charge >= 0.3 is 0 Å². The lowest BCUT2D eigenvalue weighted by molar-refractivity contribution is -0.134. The van der Waals surface area contributed by atoms with Crippen molar-refractivity contribution in [2.24, 2.45) is 22.7 Å². The van der Waals surface area contributed by atoms with Crippen LogP contribution < -0.4 is 4.90 Å². The maximum absolute atomic E-state index is 14.1. The van der Waals surface area contributed by atoms with Gasteiger partial charge in [-0.25, -0.2) is 0 Å². The highest BCUT2D eigenvalue weighted by Gasteiger charge is 2.49. The number of amidine groups is 1. The van der Waals surface area contributed by atoms with Gasteiger partial charge in [-0.15, -0.1) is 0 Å². The highest BCUT2D eigenvalue weighted by Crippen LogP contribution is 2.42. The molecule has 6 fully saturated rings. The Labute approximate surface area is 291 Å². The number of likely N-dealkylation sites (tertiary alicyclic amines) is 2. The molecule has 0 radical (unpaired) electrons. The maximum atomic E-state index is 14.1. The van der Waals surface area contributed by atoms with E-state index in [1.165, 1.54) is 31.5 Å². The van der Waals surface area contributed by atoms with E-state index in [0.717, 1.165) is 95.3 Å². The number of fused-ring (bicyclic) bond motifs is 3. The van der Waals surface area contributed by atoms with E-state index in [9.17, 15) is 14.7 Å². The number of nitrogens with zero attached hydrogens (tertiary/aromatic N) is 6. The number of piperidine rings is 3. The molecule has 2 bridgehead atoms. The van der Waals surface area contributed by atoms with E-state index in [0.29, 0.717) is 47.6 Å². The number of halogens is 1. The molecule has 0 aromatic heterocycles. The van der Waals surface area contributed by atoms with Crippen LogP contribution in [0.4, 0.5) is 5.69 Å². The summed E-state index contributed by atoms with van der Waals surface area (Å²) in [4.78, 5) is 43.8. The van der Waals surface area contributed by atoms with Crippen LogP contribution in [0.5, 0.6) is 0 Å². The molecule has 9 nitrogen and oxygen atoms in total. The van der Waals surface area contributed by atoms with Crippen LogP contribution in [0.3, 0.4) is 0 Å². The van der Waals surface area contributed by atoms with Crippen LogP contribution in [0, 0.1) is 24.7 Å². The first-order valence-electron chi connectivity index (χ1n) is 19.1. The average molecular weight is 679 g/mol. The molecule has 0 spiro atoms. The summed E-state index contributed by atoms with van der Waals surface area (Å²) in [7, 11) is 0.